The Hall–Kier alpha value is -6.14. The third kappa shape index (κ3) is 5.49. The molecule has 244 valence electrons. The Morgan fingerprint density at radius 3 is 1.78 bits per heavy atom. The minimum absolute atomic E-state index is 0.571. The molecule has 0 spiro atoms. The summed E-state index contributed by atoms with van der Waals surface area (Å²) < 4.78 is 2.37. The van der Waals surface area contributed by atoms with E-state index in [0.717, 1.165) is 64.1 Å². The molecule has 8 rings (SSSR count). The average Bonchev–Trinajstić information content (AvgIpc) is 3.80. The molecule has 0 bridgehead atoms. The molecule has 0 radical (unpaired) electrons. The average molecular weight is 651 g/mol. The summed E-state index contributed by atoms with van der Waals surface area (Å²) in [5.41, 5.74) is 10.1. The van der Waals surface area contributed by atoms with Gasteiger partial charge in [-0.15, -0.1) is 15.0 Å². The number of aryl methyl sites for hydroxylation is 2. The highest BCUT2D eigenvalue weighted by Crippen LogP contribution is 2.40. The molecule has 50 heavy (non-hydrogen) atoms. The molecular formula is C44H38N6. The van der Waals surface area contributed by atoms with Crippen LogP contribution in [0.4, 0.5) is 0 Å². The molecule has 8 aromatic rings. The van der Waals surface area contributed by atoms with Crippen molar-refractivity contribution in [2.45, 2.75) is 38.8 Å². The fourth-order valence-electron chi connectivity index (χ4n) is 7.18. The Balaban J connectivity index is 1.19. The van der Waals surface area contributed by atoms with Gasteiger partial charge in [0.15, 0.2) is 5.54 Å². The molecule has 0 aliphatic carbocycles. The van der Waals surface area contributed by atoms with E-state index in [0.29, 0.717) is 5.82 Å². The van der Waals surface area contributed by atoms with Gasteiger partial charge in [0.2, 0.25) is 5.82 Å². The van der Waals surface area contributed by atoms with Gasteiger partial charge in [0, 0.05) is 18.5 Å². The SMILES string of the molecule is CCCc1nc2c(C)cccc2n1Cc1ccc(-c2ccccc2-c2nnn(C(c3ccccc3)(c3ccccc3)c3ccccc3)n2)cc1. The number of rotatable bonds is 10. The van der Waals surface area contributed by atoms with Gasteiger partial charge in [-0.2, -0.15) is 0 Å². The van der Waals surface area contributed by atoms with Crippen LogP contribution in [0.5, 0.6) is 0 Å². The van der Waals surface area contributed by atoms with E-state index in [-0.39, 0.29) is 0 Å². The largest absolute Gasteiger partial charge is 0.323 e. The van der Waals surface area contributed by atoms with Gasteiger partial charge in [-0.05, 0) is 63.6 Å². The summed E-state index contributed by atoms with van der Waals surface area (Å²) in [6.45, 7) is 5.12. The first kappa shape index (κ1) is 31.1. The first-order chi connectivity index (χ1) is 24.7. The van der Waals surface area contributed by atoms with Crippen molar-refractivity contribution >= 4 is 11.0 Å². The van der Waals surface area contributed by atoms with Gasteiger partial charge in [0.05, 0.1) is 11.0 Å². The zero-order valence-corrected chi connectivity index (χ0v) is 28.3. The summed E-state index contributed by atoms with van der Waals surface area (Å²) in [5, 5.41) is 14.7. The Kier molecular flexibility index (Phi) is 8.35. The minimum Gasteiger partial charge on any atom is -0.323 e. The van der Waals surface area contributed by atoms with Crippen molar-refractivity contribution in [1.29, 1.82) is 0 Å². The number of imidazole rings is 1. The second-order valence-electron chi connectivity index (χ2n) is 12.8. The van der Waals surface area contributed by atoms with Gasteiger partial charge in [0.25, 0.3) is 0 Å². The number of aromatic nitrogens is 6. The predicted molar refractivity (Wildman–Crippen MR) is 201 cm³/mol. The number of fused-ring (bicyclic) bond motifs is 1. The molecule has 2 heterocycles. The molecule has 0 amide bonds. The first-order valence-corrected chi connectivity index (χ1v) is 17.3. The molecule has 0 aliphatic heterocycles. The van der Waals surface area contributed by atoms with Crippen LogP contribution in [0.2, 0.25) is 0 Å². The van der Waals surface area contributed by atoms with E-state index in [1.807, 2.05) is 24.3 Å². The van der Waals surface area contributed by atoms with Gasteiger partial charge in [-0.1, -0.05) is 159 Å². The number of hydrogen-bond donors (Lipinski definition) is 0. The van der Waals surface area contributed by atoms with E-state index in [2.05, 4.69) is 152 Å². The smallest absolute Gasteiger partial charge is 0.205 e. The molecular weight excluding hydrogens is 613 g/mol. The Bertz CT molecular complexity index is 2260. The summed E-state index contributed by atoms with van der Waals surface area (Å²) in [7, 11) is 0. The number of para-hydroxylation sites is 1. The van der Waals surface area contributed by atoms with Gasteiger partial charge in [0.1, 0.15) is 5.82 Å². The lowest BCUT2D eigenvalue weighted by molar-refractivity contribution is 0.396. The van der Waals surface area contributed by atoms with Crippen LogP contribution >= 0.6 is 0 Å². The lowest BCUT2D eigenvalue weighted by Crippen LogP contribution is -2.39. The normalized spacial score (nSPS) is 11.6. The standard InChI is InChI=1S/C44H38N6/c1-3-16-41-45-42-32(2)17-15-26-40(42)49(41)31-33-27-29-34(30-28-33)38-24-13-14-25-39(38)43-46-48-50(47-43)44(35-18-7-4-8-19-35,36-20-9-5-10-21-36)37-22-11-6-12-23-37/h4-15,17-30H,3,16,31H2,1-2H3. The fourth-order valence-corrected chi connectivity index (χ4v) is 7.18. The summed E-state index contributed by atoms with van der Waals surface area (Å²) in [4.78, 5) is 6.81. The lowest BCUT2D eigenvalue weighted by atomic mass is 9.77. The molecule has 0 saturated heterocycles. The summed E-state index contributed by atoms with van der Waals surface area (Å²) in [5.74, 6) is 1.71. The van der Waals surface area contributed by atoms with Crippen molar-refractivity contribution in [3.63, 3.8) is 0 Å². The van der Waals surface area contributed by atoms with Gasteiger partial charge in [-0.25, -0.2) is 4.98 Å². The topological polar surface area (TPSA) is 61.4 Å². The minimum atomic E-state index is -0.835. The zero-order valence-electron chi connectivity index (χ0n) is 28.3. The Labute approximate surface area is 292 Å². The maximum Gasteiger partial charge on any atom is 0.205 e. The molecule has 2 aromatic heterocycles. The molecule has 6 heteroatoms. The fraction of sp³-hybridized carbons (Fsp3) is 0.136. The van der Waals surface area contributed by atoms with Gasteiger partial charge in [-0.3, -0.25) is 0 Å². The number of tetrazole rings is 1. The van der Waals surface area contributed by atoms with Crippen molar-refractivity contribution in [1.82, 2.24) is 29.8 Å². The first-order valence-electron chi connectivity index (χ1n) is 17.3. The molecule has 0 N–H and O–H groups in total. The Morgan fingerprint density at radius 2 is 1.18 bits per heavy atom. The van der Waals surface area contributed by atoms with E-state index in [1.54, 1.807) is 4.80 Å². The monoisotopic (exact) mass is 650 g/mol. The van der Waals surface area contributed by atoms with Crippen molar-refractivity contribution in [3.8, 4) is 22.5 Å². The van der Waals surface area contributed by atoms with E-state index in [1.165, 1.54) is 16.6 Å². The summed E-state index contributed by atoms with van der Waals surface area (Å²) in [6.07, 6.45) is 2.01. The quantitative estimate of drug-likeness (QED) is 0.138. The van der Waals surface area contributed by atoms with Crippen LogP contribution in [0.25, 0.3) is 33.5 Å². The highest BCUT2D eigenvalue weighted by atomic mass is 15.6. The van der Waals surface area contributed by atoms with Crippen molar-refractivity contribution in [2.24, 2.45) is 0 Å². The highest BCUT2D eigenvalue weighted by Gasteiger charge is 2.41. The van der Waals surface area contributed by atoms with Crippen molar-refractivity contribution in [2.75, 3.05) is 0 Å². The summed E-state index contributed by atoms with van der Waals surface area (Å²) >= 11 is 0. The molecule has 0 saturated carbocycles. The second-order valence-corrected chi connectivity index (χ2v) is 12.8. The third-order valence-corrected chi connectivity index (χ3v) is 9.60. The second kappa shape index (κ2) is 13.4. The maximum atomic E-state index is 5.18. The van der Waals surface area contributed by atoms with Crippen molar-refractivity contribution in [3.05, 3.63) is 191 Å². The molecule has 0 unspecified atom stereocenters. The van der Waals surface area contributed by atoms with E-state index in [4.69, 9.17) is 20.4 Å². The third-order valence-electron chi connectivity index (χ3n) is 9.60. The van der Waals surface area contributed by atoms with Crippen LogP contribution in [0.1, 0.15) is 47.0 Å². The van der Waals surface area contributed by atoms with E-state index < -0.39 is 5.54 Å². The van der Waals surface area contributed by atoms with E-state index >= 15 is 0 Å². The molecule has 6 aromatic carbocycles. The van der Waals surface area contributed by atoms with Gasteiger partial charge >= 0.3 is 0 Å². The molecule has 6 nitrogen and oxygen atoms in total. The van der Waals surface area contributed by atoms with Crippen LogP contribution in [-0.4, -0.2) is 29.8 Å². The Morgan fingerprint density at radius 1 is 0.600 bits per heavy atom. The van der Waals surface area contributed by atoms with Crippen LogP contribution in [0, 0.1) is 6.92 Å². The van der Waals surface area contributed by atoms with E-state index in [9.17, 15) is 0 Å². The number of benzene rings is 6. The van der Waals surface area contributed by atoms with Crippen LogP contribution < -0.4 is 0 Å². The summed E-state index contributed by atoms with van der Waals surface area (Å²) in [6, 6.07) is 54.9. The molecule has 0 atom stereocenters. The lowest BCUT2D eigenvalue weighted by Gasteiger charge is -2.34. The van der Waals surface area contributed by atoms with Crippen molar-refractivity contribution < 1.29 is 0 Å². The zero-order chi connectivity index (χ0) is 33.9. The highest BCUT2D eigenvalue weighted by molar-refractivity contribution is 5.81. The number of hydrogen-bond acceptors (Lipinski definition) is 4. The molecule has 0 fully saturated rings. The molecule has 0 aliphatic rings. The predicted octanol–water partition coefficient (Wildman–Crippen LogP) is 9.51. The van der Waals surface area contributed by atoms with Crippen LogP contribution in [-0.2, 0) is 18.5 Å². The number of nitrogens with zero attached hydrogens (tertiary/aromatic N) is 6. The van der Waals surface area contributed by atoms with Gasteiger partial charge < -0.3 is 4.57 Å². The van der Waals surface area contributed by atoms with Crippen LogP contribution in [0.15, 0.2) is 158 Å². The van der Waals surface area contributed by atoms with Crippen LogP contribution in [0.3, 0.4) is 0 Å². The maximum absolute atomic E-state index is 5.18.